The lowest BCUT2D eigenvalue weighted by atomic mass is 9.77. The molecule has 4 unspecified atom stereocenters. The highest BCUT2D eigenvalue weighted by Crippen LogP contribution is 2.32. The van der Waals surface area contributed by atoms with Gasteiger partial charge in [-0.2, -0.15) is 11.8 Å². The van der Waals surface area contributed by atoms with E-state index < -0.39 is 0 Å². The molecule has 2 N–H and O–H groups in total. The van der Waals surface area contributed by atoms with Crippen LogP contribution in [0.3, 0.4) is 0 Å². The second-order valence-corrected chi connectivity index (χ2v) is 7.57. The van der Waals surface area contributed by atoms with E-state index in [4.69, 9.17) is 0 Å². The average molecular weight is 282 g/mol. The molecule has 3 rings (SSSR count). The van der Waals surface area contributed by atoms with Gasteiger partial charge in [0.25, 0.3) is 0 Å². The molecule has 0 aromatic heterocycles. The molecule has 4 heteroatoms. The molecule has 2 aliphatic heterocycles. The number of rotatable bonds is 3. The smallest absolute Gasteiger partial charge is 0.237 e. The Kier molecular flexibility index (Phi) is 4.69. The quantitative estimate of drug-likeness (QED) is 0.833. The van der Waals surface area contributed by atoms with E-state index in [1.807, 2.05) is 11.8 Å². The van der Waals surface area contributed by atoms with Crippen LogP contribution in [0.2, 0.25) is 0 Å². The van der Waals surface area contributed by atoms with Gasteiger partial charge in [0.2, 0.25) is 5.91 Å². The maximum atomic E-state index is 12.2. The van der Waals surface area contributed by atoms with Gasteiger partial charge in [0.05, 0.1) is 6.04 Å². The van der Waals surface area contributed by atoms with E-state index in [0.29, 0.717) is 12.0 Å². The van der Waals surface area contributed by atoms with Crippen LogP contribution in [0.1, 0.15) is 44.9 Å². The molecule has 1 aliphatic carbocycles. The molecule has 0 aromatic carbocycles. The van der Waals surface area contributed by atoms with Crippen molar-refractivity contribution >= 4 is 17.7 Å². The second kappa shape index (κ2) is 6.49. The van der Waals surface area contributed by atoms with Crippen molar-refractivity contribution in [2.24, 2.45) is 11.8 Å². The number of nitrogens with one attached hydrogen (secondary N) is 2. The molecular formula is C15H26N2OS. The van der Waals surface area contributed by atoms with Crippen LogP contribution in [0.5, 0.6) is 0 Å². The van der Waals surface area contributed by atoms with E-state index in [1.165, 1.54) is 50.0 Å². The Balaban J connectivity index is 1.44. The summed E-state index contributed by atoms with van der Waals surface area (Å²) in [4.78, 5) is 12.2. The summed E-state index contributed by atoms with van der Waals surface area (Å²) in [7, 11) is 0. The van der Waals surface area contributed by atoms with Crippen LogP contribution in [0.4, 0.5) is 0 Å². The van der Waals surface area contributed by atoms with Gasteiger partial charge in [-0.25, -0.2) is 0 Å². The molecule has 0 spiro atoms. The number of hydrogen-bond acceptors (Lipinski definition) is 3. The first-order valence-electron chi connectivity index (χ1n) is 7.94. The molecule has 0 aromatic rings. The fraction of sp³-hybridized carbons (Fsp3) is 0.933. The molecular weight excluding hydrogens is 256 g/mol. The van der Waals surface area contributed by atoms with Crippen LogP contribution in [0.25, 0.3) is 0 Å². The van der Waals surface area contributed by atoms with Gasteiger partial charge < -0.3 is 10.6 Å². The minimum absolute atomic E-state index is 0.0772. The predicted molar refractivity (Wildman–Crippen MR) is 80.3 cm³/mol. The van der Waals surface area contributed by atoms with E-state index in [0.717, 1.165) is 18.9 Å². The highest BCUT2D eigenvalue weighted by Gasteiger charge is 2.34. The third kappa shape index (κ3) is 3.46. The maximum absolute atomic E-state index is 12.2. The Morgan fingerprint density at radius 1 is 1.16 bits per heavy atom. The number of fused-ring (bicyclic) bond motifs is 1. The summed E-state index contributed by atoms with van der Waals surface area (Å²) in [5, 5.41) is 6.79. The topological polar surface area (TPSA) is 41.1 Å². The van der Waals surface area contributed by atoms with Gasteiger partial charge in [-0.3, -0.25) is 4.79 Å². The molecule has 3 fully saturated rings. The van der Waals surface area contributed by atoms with E-state index >= 15 is 0 Å². The first kappa shape index (κ1) is 13.7. The van der Waals surface area contributed by atoms with Crippen LogP contribution in [-0.4, -0.2) is 36.0 Å². The maximum Gasteiger partial charge on any atom is 0.237 e. The average Bonchev–Trinajstić information content (AvgIpc) is 2.97. The zero-order chi connectivity index (χ0) is 13.1. The normalized spacial score (nSPS) is 38.7. The van der Waals surface area contributed by atoms with Gasteiger partial charge in [-0.05, 0) is 55.4 Å². The molecule has 108 valence electrons. The van der Waals surface area contributed by atoms with E-state index in [1.54, 1.807) is 0 Å². The molecule has 4 atom stereocenters. The SMILES string of the molecule is O=C(NCC1CCSC1)C1CCC2CCCCC2N1. The van der Waals surface area contributed by atoms with Crippen molar-refractivity contribution in [2.75, 3.05) is 18.1 Å². The Morgan fingerprint density at radius 3 is 2.89 bits per heavy atom. The predicted octanol–water partition coefficient (Wildman–Crippen LogP) is 2.17. The Hall–Kier alpha value is -0.220. The lowest BCUT2D eigenvalue weighted by molar-refractivity contribution is -0.124. The van der Waals surface area contributed by atoms with Gasteiger partial charge in [-0.1, -0.05) is 12.8 Å². The second-order valence-electron chi connectivity index (χ2n) is 6.42. The number of piperidine rings is 1. The number of amides is 1. The lowest BCUT2D eigenvalue weighted by Crippen LogP contribution is -2.55. The van der Waals surface area contributed by atoms with E-state index in [9.17, 15) is 4.79 Å². The third-order valence-corrected chi connectivity index (χ3v) is 6.29. The molecule has 1 saturated carbocycles. The van der Waals surface area contributed by atoms with Crippen LogP contribution in [0, 0.1) is 11.8 Å². The molecule has 2 heterocycles. The lowest BCUT2D eigenvalue weighted by Gasteiger charge is -2.40. The van der Waals surface area contributed by atoms with Gasteiger partial charge in [-0.15, -0.1) is 0 Å². The van der Waals surface area contributed by atoms with Crippen LogP contribution in [-0.2, 0) is 4.79 Å². The van der Waals surface area contributed by atoms with Gasteiger partial charge >= 0.3 is 0 Å². The fourth-order valence-electron chi connectivity index (χ4n) is 3.81. The van der Waals surface area contributed by atoms with Crippen molar-refractivity contribution in [3.63, 3.8) is 0 Å². The molecule has 0 bridgehead atoms. The molecule has 3 aliphatic rings. The van der Waals surface area contributed by atoms with E-state index in [2.05, 4.69) is 10.6 Å². The number of thioether (sulfide) groups is 1. The van der Waals surface area contributed by atoms with Crippen molar-refractivity contribution in [1.29, 1.82) is 0 Å². The minimum atomic E-state index is 0.0772. The number of hydrogen-bond donors (Lipinski definition) is 2. The zero-order valence-corrected chi connectivity index (χ0v) is 12.5. The third-order valence-electron chi connectivity index (χ3n) is 5.06. The van der Waals surface area contributed by atoms with Gasteiger partial charge in [0, 0.05) is 12.6 Å². The highest BCUT2D eigenvalue weighted by atomic mass is 32.2. The summed E-state index contributed by atoms with van der Waals surface area (Å²) in [6.07, 6.45) is 8.91. The number of carbonyl (C=O) groups excluding carboxylic acids is 1. The molecule has 0 radical (unpaired) electrons. The minimum Gasteiger partial charge on any atom is -0.354 e. The van der Waals surface area contributed by atoms with Crippen molar-refractivity contribution < 1.29 is 4.79 Å². The standard InChI is InChI=1S/C15H26N2OS/c18-15(16-9-11-7-8-19-10-11)14-6-5-12-3-1-2-4-13(12)17-14/h11-14,17H,1-10H2,(H,16,18). The molecule has 19 heavy (non-hydrogen) atoms. The summed E-state index contributed by atoms with van der Waals surface area (Å²) < 4.78 is 0. The summed E-state index contributed by atoms with van der Waals surface area (Å²) in [5.74, 6) is 4.29. The van der Waals surface area contributed by atoms with Crippen molar-refractivity contribution in [3.8, 4) is 0 Å². The zero-order valence-electron chi connectivity index (χ0n) is 11.7. The molecule has 1 amide bonds. The van der Waals surface area contributed by atoms with Crippen molar-refractivity contribution in [3.05, 3.63) is 0 Å². The first-order valence-corrected chi connectivity index (χ1v) is 9.10. The summed E-state index contributed by atoms with van der Waals surface area (Å²) in [6.45, 7) is 0.887. The largest absolute Gasteiger partial charge is 0.354 e. The molecule has 3 nitrogen and oxygen atoms in total. The van der Waals surface area contributed by atoms with Crippen LogP contribution >= 0.6 is 11.8 Å². The first-order chi connectivity index (χ1) is 9.33. The van der Waals surface area contributed by atoms with Crippen LogP contribution < -0.4 is 10.6 Å². The van der Waals surface area contributed by atoms with Gasteiger partial charge in [0.1, 0.15) is 0 Å². The van der Waals surface area contributed by atoms with Crippen molar-refractivity contribution in [2.45, 2.75) is 57.0 Å². The Labute approximate surface area is 120 Å². The monoisotopic (exact) mass is 282 g/mol. The molecule has 2 saturated heterocycles. The van der Waals surface area contributed by atoms with Crippen LogP contribution in [0.15, 0.2) is 0 Å². The summed E-state index contributed by atoms with van der Waals surface area (Å²) in [5.41, 5.74) is 0. The summed E-state index contributed by atoms with van der Waals surface area (Å²) >= 11 is 2.02. The Morgan fingerprint density at radius 2 is 2.05 bits per heavy atom. The number of carbonyl (C=O) groups is 1. The summed E-state index contributed by atoms with van der Waals surface area (Å²) in [6, 6.07) is 0.689. The van der Waals surface area contributed by atoms with E-state index in [-0.39, 0.29) is 11.9 Å². The van der Waals surface area contributed by atoms with Crippen molar-refractivity contribution in [1.82, 2.24) is 10.6 Å². The Bertz CT molecular complexity index is 317. The fourth-order valence-corrected chi connectivity index (χ4v) is 5.10. The highest BCUT2D eigenvalue weighted by molar-refractivity contribution is 7.99. The van der Waals surface area contributed by atoms with Gasteiger partial charge in [0.15, 0.2) is 0 Å².